The summed E-state index contributed by atoms with van der Waals surface area (Å²) in [6.45, 7) is 2.14. The minimum Gasteiger partial charge on any atom is -0.369 e. The van der Waals surface area contributed by atoms with Crippen LogP contribution in [-0.4, -0.2) is 22.9 Å². The summed E-state index contributed by atoms with van der Waals surface area (Å²) in [5, 5.41) is 6.16. The third-order valence-electron chi connectivity index (χ3n) is 3.18. The fourth-order valence-electron chi connectivity index (χ4n) is 1.84. The summed E-state index contributed by atoms with van der Waals surface area (Å²) in [7, 11) is 3.63. The van der Waals surface area contributed by atoms with Gasteiger partial charge in [-0.1, -0.05) is 6.07 Å². The standard InChI is InChI=1S/C13H16BrN3OS/c1-9(7-10-5-4-6-19-10)16(2)11-8-15-17(3)13(18)12(11)14/h4-6,8-9H,7H2,1-3H3. The van der Waals surface area contributed by atoms with Gasteiger partial charge in [0.15, 0.2) is 0 Å². The van der Waals surface area contributed by atoms with Gasteiger partial charge in [0.1, 0.15) is 4.47 Å². The number of aromatic nitrogens is 2. The van der Waals surface area contributed by atoms with Gasteiger partial charge < -0.3 is 4.90 Å². The number of aryl methyl sites for hydroxylation is 1. The van der Waals surface area contributed by atoms with Crippen LogP contribution in [0.4, 0.5) is 5.69 Å². The van der Waals surface area contributed by atoms with Gasteiger partial charge in [0, 0.05) is 31.4 Å². The van der Waals surface area contributed by atoms with Crippen LogP contribution in [0.1, 0.15) is 11.8 Å². The van der Waals surface area contributed by atoms with Crippen molar-refractivity contribution >= 4 is 33.0 Å². The average molecular weight is 342 g/mol. The van der Waals surface area contributed by atoms with Crippen LogP contribution >= 0.6 is 27.3 Å². The second-order valence-electron chi connectivity index (χ2n) is 4.52. The lowest BCUT2D eigenvalue weighted by molar-refractivity contribution is 0.663. The molecule has 1 unspecified atom stereocenters. The van der Waals surface area contributed by atoms with E-state index < -0.39 is 0 Å². The molecule has 0 bridgehead atoms. The molecule has 2 aromatic heterocycles. The molecule has 0 aliphatic rings. The quantitative estimate of drug-likeness (QED) is 0.857. The molecule has 0 aliphatic carbocycles. The van der Waals surface area contributed by atoms with Crippen molar-refractivity contribution in [2.45, 2.75) is 19.4 Å². The molecule has 19 heavy (non-hydrogen) atoms. The topological polar surface area (TPSA) is 38.1 Å². The summed E-state index contributed by atoms with van der Waals surface area (Å²) in [6, 6.07) is 4.48. The van der Waals surface area contributed by atoms with Crippen LogP contribution < -0.4 is 10.5 Å². The summed E-state index contributed by atoms with van der Waals surface area (Å²) >= 11 is 5.12. The van der Waals surface area contributed by atoms with E-state index in [1.165, 1.54) is 9.56 Å². The molecule has 0 N–H and O–H groups in total. The molecular weight excluding hydrogens is 326 g/mol. The molecule has 2 rings (SSSR count). The van der Waals surface area contributed by atoms with Crippen LogP contribution in [-0.2, 0) is 13.5 Å². The second-order valence-corrected chi connectivity index (χ2v) is 6.34. The summed E-state index contributed by atoms with van der Waals surface area (Å²) in [5.41, 5.74) is 0.708. The van der Waals surface area contributed by atoms with Crippen LogP contribution in [0, 0.1) is 0 Å². The molecule has 1 atom stereocenters. The zero-order chi connectivity index (χ0) is 14.0. The number of likely N-dealkylation sites (N-methyl/N-ethyl adjacent to an activating group) is 1. The van der Waals surface area contributed by atoms with Gasteiger partial charge in [0.2, 0.25) is 0 Å². The minimum atomic E-state index is -0.118. The van der Waals surface area contributed by atoms with Crippen LogP contribution in [0.5, 0.6) is 0 Å². The van der Waals surface area contributed by atoms with Crippen molar-refractivity contribution in [2.75, 3.05) is 11.9 Å². The van der Waals surface area contributed by atoms with Crippen LogP contribution in [0.2, 0.25) is 0 Å². The Bertz CT molecular complexity index is 609. The molecule has 2 heterocycles. The van der Waals surface area contributed by atoms with Gasteiger partial charge in [-0.15, -0.1) is 11.3 Å². The number of nitrogens with zero attached hydrogens (tertiary/aromatic N) is 3. The second kappa shape index (κ2) is 5.88. The fraction of sp³-hybridized carbons (Fsp3) is 0.385. The first-order valence-electron chi connectivity index (χ1n) is 5.97. The third kappa shape index (κ3) is 3.06. The lowest BCUT2D eigenvalue weighted by atomic mass is 10.2. The number of rotatable bonds is 4. The predicted octanol–water partition coefficient (Wildman–Crippen LogP) is 2.67. The van der Waals surface area contributed by atoms with E-state index in [0.29, 0.717) is 10.5 Å². The summed E-state index contributed by atoms with van der Waals surface area (Å²) in [6.07, 6.45) is 2.67. The normalized spacial score (nSPS) is 12.4. The molecule has 0 radical (unpaired) electrons. The lowest BCUT2D eigenvalue weighted by Gasteiger charge is -2.27. The molecule has 6 heteroatoms. The molecule has 0 fully saturated rings. The molecule has 102 valence electrons. The Labute approximate surface area is 124 Å². The molecule has 0 spiro atoms. The average Bonchev–Trinajstić information content (AvgIpc) is 2.88. The Morgan fingerprint density at radius 1 is 1.58 bits per heavy atom. The summed E-state index contributed by atoms with van der Waals surface area (Å²) in [4.78, 5) is 15.3. The first kappa shape index (κ1) is 14.3. The molecule has 0 aromatic carbocycles. The van der Waals surface area contributed by atoms with E-state index in [1.807, 2.05) is 7.05 Å². The van der Waals surface area contributed by atoms with E-state index in [0.717, 1.165) is 12.1 Å². The highest BCUT2D eigenvalue weighted by atomic mass is 79.9. The van der Waals surface area contributed by atoms with Crippen molar-refractivity contribution in [3.63, 3.8) is 0 Å². The summed E-state index contributed by atoms with van der Waals surface area (Å²) < 4.78 is 1.89. The third-order valence-corrected chi connectivity index (χ3v) is 4.82. The van der Waals surface area contributed by atoms with E-state index in [-0.39, 0.29) is 5.56 Å². The Hall–Kier alpha value is -1.14. The highest BCUT2D eigenvalue weighted by Gasteiger charge is 2.16. The van der Waals surface area contributed by atoms with Crippen LogP contribution in [0.25, 0.3) is 0 Å². The van der Waals surface area contributed by atoms with Gasteiger partial charge in [-0.05, 0) is 34.3 Å². The van der Waals surface area contributed by atoms with Crippen molar-refractivity contribution in [1.82, 2.24) is 9.78 Å². The van der Waals surface area contributed by atoms with Crippen molar-refractivity contribution in [1.29, 1.82) is 0 Å². The van der Waals surface area contributed by atoms with E-state index >= 15 is 0 Å². The number of anilines is 1. The van der Waals surface area contributed by atoms with Crippen LogP contribution in [0.15, 0.2) is 33.0 Å². The maximum Gasteiger partial charge on any atom is 0.282 e. The van der Waals surface area contributed by atoms with Gasteiger partial charge in [-0.25, -0.2) is 4.68 Å². The Morgan fingerprint density at radius 3 is 2.95 bits per heavy atom. The molecular formula is C13H16BrN3OS. The fourth-order valence-corrected chi connectivity index (χ4v) is 3.31. The van der Waals surface area contributed by atoms with E-state index in [4.69, 9.17) is 0 Å². The zero-order valence-electron chi connectivity index (χ0n) is 11.1. The Balaban J connectivity index is 2.22. The van der Waals surface area contributed by atoms with Crippen molar-refractivity contribution in [3.8, 4) is 0 Å². The molecule has 0 amide bonds. The summed E-state index contributed by atoms with van der Waals surface area (Å²) in [5.74, 6) is 0. The van der Waals surface area contributed by atoms with E-state index in [9.17, 15) is 4.79 Å². The number of hydrogen-bond donors (Lipinski definition) is 0. The largest absolute Gasteiger partial charge is 0.369 e. The molecule has 4 nitrogen and oxygen atoms in total. The van der Waals surface area contributed by atoms with E-state index in [2.05, 4.69) is 50.4 Å². The molecule has 0 saturated heterocycles. The molecule has 2 aromatic rings. The van der Waals surface area contributed by atoms with Gasteiger partial charge in [0.05, 0.1) is 11.9 Å². The minimum absolute atomic E-state index is 0.118. The predicted molar refractivity (Wildman–Crippen MR) is 83.1 cm³/mol. The van der Waals surface area contributed by atoms with E-state index in [1.54, 1.807) is 24.6 Å². The van der Waals surface area contributed by atoms with Crippen molar-refractivity contribution in [3.05, 3.63) is 43.4 Å². The first-order valence-corrected chi connectivity index (χ1v) is 7.65. The maximum atomic E-state index is 11.9. The SMILES string of the molecule is CC(Cc1cccs1)N(C)c1cnn(C)c(=O)c1Br. The number of hydrogen-bond acceptors (Lipinski definition) is 4. The van der Waals surface area contributed by atoms with Gasteiger partial charge in [-0.2, -0.15) is 5.10 Å². The Kier molecular flexibility index (Phi) is 4.42. The van der Waals surface area contributed by atoms with Crippen molar-refractivity contribution in [2.24, 2.45) is 7.05 Å². The smallest absolute Gasteiger partial charge is 0.282 e. The molecule has 0 saturated carbocycles. The zero-order valence-corrected chi connectivity index (χ0v) is 13.5. The van der Waals surface area contributed by atoms with Gasteiger partial charge in [0.25, 0.3) is 5.56 Å². The van der Waals surface area contributed by atoms with Gasteiger partial charge in [-0.3, -0.25) is 4.79 Å². The van der Waals surface area contributed by atoms with Crippen molar-refractivity contribution < 1.29 is 0 Å². The highest BCUT2D eigenvalue weighted by Crippen LogP contribution is 2.24. The maximum absolute atomic E-state index is 11.9. The highest BCUT2D eigenvalue weighted by molar-refractivity contribution is 9.10. The monoisotopic (exact) mass is 341 g/mol. The Morgan fingerprint density at radius 2 is 2.32 bits per heavy atom. The first-order chi connectivity index (χ1) is 9.00. The number of thiophene rings is 1. The van der Waals surface area contributed by atoms with Gasteiger partial charge >= 0.3 is 0 Å². The lowest BCUT2D eigenvalue weighted by Crippen LogP contribution is -2.33. The number of halogens is 1. The molecule has 0 aliphatic heterocycles. The van der Waals surface area contributed by atoms with Crippen LogP contribution in [0.3, 0.4) is 0 Å².